The molecule has 0 radical (unpaired) electrons. The van der Waals surface area contributed by atoms with Gasteiger partial charge in [-0.2, -0.15) is 0 Å². The van der Waals surface area contributed by atoms with Crippen LogP contribution >= 0.6 is 0 Å². The fraction of sp³-hybridized carbons (Fsp3) is 0.753. The molecular formula is C73H110O6. The fourth-order valence-corrected chi connectivity index (χ4v) is 18.9. The second-order valence-electron chi connectivity index (χ2n) is 33.1. The first kappa shape index (κ1) is 59.1. The molecule has 9 aliphatic rings. The molecule has 438 valence electrons. The Labute approximate surface area is 481 Å². The summed E-state index contributed by atoms with van der Waals surface area (Å²) in [5.74, 6) is 12.5. The Morgan fingerprint density at radius 2 is 0.848 bits per heavy atom. The van der Waals surface area contributed by atoms with Crippen molar-refractivity contribution in [1.29, 1.82) is 0 Å². The van der Waals surface area contributed by atoms with Crippen molar-refractivity contribution >= 4 is 0 Å². The van der Waals surface area contributed by atoms with Crippen molar-refractivity contribution in [3.63, 3.8) is 0 Å². The summed E-state index contributed by atoms with van der Waals surface area (Å²) in [6.45, 7) is 44.6. The van der Waals surface area contributed by atoms with Gasteiger partial charge in [0, 0.05) is 0 Å². The summed E-state index contributed by atoms with van der Waals surface area (Å²) >= 11 is 0. The van der Waals surface area contributed by atoms with E-state index in [-0.39, 0.29) is 16.2 Å². The van der Waals surface area contributed by atoms with Gasteiger partial charge in [0.05, 0.1) is 19.8 Å². The molecule has 13 unspecified atom stereocenters. The first-order valence-electron chi connectivity index (χ1n) is 32.1. The predicted octanol–water partition coefficient (Wildman–Crippen LogP) is 18.2. The van der Waals surface area contributed by atoms with Crippen molar-refractivity contribution < 1.29 is 28.4 Å². The lowest BCUT2D eigenvalue weighted by Gasteiger charge is -2.37. The van der Waals surface area contributed by atoms with Gasteiger partial charge in [-0.1, -0.05) is 141 Å². The van der Waals surface area contributed by atoms with Gasteiger partial charge in [-0.3, -0.25) is 0 Å². The van der Waals surface area contributed by atoms with E-state index in [0.717, 1.165) is 90.8 Å². The molecule has 13 atom stereocenters. The van der Waals surface area contributed by atoms with E-state index in [2.05, 4.69) is 166 Å². The summed E-state index contributed by atoms with van der Waals surface area (Å²) in [5.41, 5.74) is 11.7. The minimum absolute atomic E-state index is 0.169. The van der Waals surface area contributed by atoms with Crippen molar-refractivity contribution in [3.8, 4) is 17.2 Å². The maximum atomic E-state index is 6.42. The number of hydrogen-bond donors (Lipinski definition) is 0. The topological polar surface area (TPSA) is 65.3 Å². The number of aryl methyl sites for hydroxylation is 2. The zero-order valence-corrected chi connectivity index (χ0v) is 53.0. The molecule has 4 bridgehead atoms. The van der Waals surface area contributed by atoms with Crippen LogP contribution in [-0.4, -0.2) is 58.0 Å². The molecule has 9 fully saturated rings. The molecule has 3 saturated heterocycles. The van der Waals surface area contributed by atoms with Crippen LogP contribution in [0, 0.1) is 77.4 Å². The number of hydrogen-bond acceptors (Lipinski definition) is 6. The van der Waals surface area contributed by atoms with Crippen LogP contribution in [0.2, 0.25) is 0 Å². The third-order valence-corrected chi connectivity index (χ3v) is 20.9. The molecule has 6 heteroatoms. The monoisotopic (exact) mass is 1080 g/mol. The summed E-state index contributed by atoms with van der Waals surface area (Å²) < 4.78 is 34.5. The molecule has 79 heavy (non-hydrogen) atoms. The van der Waals surface area contributed by atoms with E-state index in [1.54, 1.807) is 0 Å². The number of epoxide rings is 3. The maximum Gasteiger partial charge on any atom is 0.123 e. The highest BCUT2D eigenvalue weighted by atomic mass is 16.6. The smallest absolute Gasteiger partial charge is 0.123 e. The Kier molecular flexibility index (Phi) is 16.8. The second-order valence-corrected chi connectivity index (χ2v) is 33.1. The van der Waals surface area contributed by atoms with Crippen LogP contribution in [0.3, 0.4) is 0 Å². The van der Waals surface area contributed by atoms with Crippen molar-refractivity contribution in [2.45, 2.75) is 248 Å². The summed E-state index contributed by atoms with van der Waals surface area (Å²) in [6, 6.07) is 18.6. The molecule has 6 saturated carbocycles. The highest BCUT2D eigenvalue weighted by molar-refractivity contribution is 5.49. The highest BCUT2D eigenvalue weighted by Gasteiger charge is 2.56. The third-order valence-electron chi connectivity index (χ3n) is 20.9. The minimum Gasteiger partial charge on any atom is -0.491 e. The molecule has 3 heterocycles. The molecule has 0 spiro atoms. The van der Waals surface area contributed by atoms with Crippen molar-refractivity contribution in [2.75, 3.05) is 39.6 Å². The molecule has 0 aromatic heterocycles. The Hall–Kier alpha value is -3.06. The molecule has 6 nitrogen and oxygen atoms in total. The van der Waals surface area contributed by atoms with Crippen LogP contribution in [-0.2, 0) is 30.5 Å². The molecule has 3 aromatic carbocycles. The van der Waals surface area contributed by atoms with Crippen LogP contribution in [0.1, 0.15) is 238 Å². The van der Waals surface area contributed by atoms with Crippen molar-refractivity contribution in [3.05, 3.63) is 87.5 Å². The van der Waals surface area contributed by atoms with Gasteiger partial charge in [0.2, 0.25) is 0 Å². The van der Waals surface area contributed by atoms with Gasteiger partial charge in [-0.05, 0) is 239 Å². The van der Waals surface area contributed by atoms with Gasteiger partial charge in [0.25, 0.3) is 0 Å². The zero-order chi connectivity index (χ0) is 56.6. The molecule has 12 rings (SSSR count). The number of fused-ring (bicyclic) bond motifs is 10. The summed E-state index contributed by atoms with van der Waals surface area (Å²) in [6.07, 6.45) is 19.1. The SMILES string of the molecule is CC(C)(C)CC(C)(C)c1ccc(OCC2CO2)c(C2CC3CC2C2CCCC32)c1.Cc1cc(OCC2CO2)c(C2CC3CC2C2CCCC32)cc1C(C)(C)CC(C)(C)C.Cc1cc(OCC2CO2)ccc1C(C)(C)CC(C)(C)C. The van der Waals surface area contributed by atoms with Gasteiger partial charge in [0.15, 0.2) is 0 Å². The molecule has 6 aliphatic carbocycles. The second kappa shape index (κ2) is 22.5. The number of ether oxygens (including phenoxy) is 6. The zero-order valence-electron chi connectivity index (χ0n) is 53.0. The van der Waals surface area contributed by atoms with E-state index in [1.807, 2.05) is 0 Å². The molecule has 0 amide bonds. The molecular weight excluding hydrogens is 973 g/mol. The van der Waals surface area contributed by atoms with E-state index in [9.17, 15) is 0 Å². The van der Waals surface area contributed by atoms with E-state index in [4.69, 9.17) is 28.4 Å². The largest absolute Gasteiger partial charge is 0.491 e. The van der Waals surface area contributed by atoms with Crippen LogP contribution in [0.15, 0.2) is 48.5 Å². The standard InChI is InChI=1S/C28H42O2.C27H40O2.C18H28O2/c1-17-10-26(30-15-19-14-29-19)24(13-25(17)28(5,6)16-27(2,3)4)23-12-18-11-22(23)21-9-7-8-20(18)21;1-26(2,3)16-27(4,5)18-9-10-25(29-15-19-14-28-19)24(13-18)23-12-17-11-22(23)21-8-6-7-20(17)21;1-13-9-14(19-10-15-11-20-15)7-8-16(13)18(5,6)12-17(2,3)4/h10,13,18-23H,7-9,11-12,14-16H2,1-6H3;9-10,13,17,19-23H,6-8,11-12,14-16H2,1-5H3;7-9,15H,10-12H2,1-6H3. The first-order valence-corrected chi connectivity index (χ1v) is 32.1. The van der Waals surface area contributed by atoms with E-state index >= 15 is 0 Å². The average molecular weight is 1080 g/mol. The van der Waals surface area contributed by atoms with Gasteiger partial charge in [-0.15, -0.1) is 0 Å². The van der Waals surface area contributed by atoms with E-state index < -0.39 is 0 Å². The van der Waals surface area contributed by atoms with Gasteiger partial charge in [-0.25, -0.2) is 0 Å². The van der Waals surface area contributed by atoms with Crippen LogP contribution in [0.5, 0.6) is 17.2 Å². The Bertz CT molecular complexity index is 2570. The van der Waals surface area contributed by atoms with Crippen molar-refractivity contribution in [2.24, 2.45) is 63.6 Å². The number of rotatable bonds is 17. The Morgan fingerprint density at radius 3 is 1.33 bits per heavy atom. The van der Waals surface area contributed by atoms with Gasteiger partial charge >= 0.3 is 0 Å². The molecule has 3 aromatic rings. The van der Waals surface area contributed by atoms with Crippen molar-refractivity contribution in [1.82, 2.24) is 0 Å². The molecule has 3 aliphatic heterocycles. The van der Waals surface area contributed by atoms with E-state index in [0.29, 0.717) is 66.2 Å². The third kappa shape index (κ3) is 14.3. The van der Waals surface area contributed by atoms with Crippen LogP contribution in [0.25, 0.3) is 0 Å². The average Bonchev–Trinajstić information content (AvgIpc) is 4.12. The highest BCUT2D eigenvalue weighted by Crippen LogP contribution is 2.66. The lowest BCUT2D eigenvalue weighted by atomic mass is 9.68. The Balaban J connectivity index is 0.000000137. The first-order chi connectivity index (χ1) is 37.0. The minimum atomic E-state index is 0.169. The Morgan fingerprint density at radius 1 is 0.418 bits per heavy atom. The predicted molar refractivity (Wildman–Crippen MR) is 325 cm³/mol. The van der Waals surface area contributed by atoms with Crippen LogP contribution in [0.4, 0.5) is 0 Å². The lowest BCUT2D eigenvalue weighted by Crippen LogP contribution is -2.27. The normalized spacial score (nSPS) is 31.2. The van der Waals surface area contributed by atoms with E-state index in [1.165, 1.54) is 116 Å². The quantitative estimate of drug-likeness (QED) is 0.126. The lowest BCUT2D eigenvalue weighted by molar-refractivity contribution is 0.222. The summed E-state index contributed by atoms with van der Waals surface area (Å²) in [7, 11) is 0. The maximum absolute atomic E-state index is 6.42. The molecule has 0 N–H and O–H groups in total. The van der Waals surface area contributed by atoms with Gasteiger partial charge < -0.3 is 28.4 Å². The van der Waals surface area contributed by atoms with Gasteiger partial charge in [0.1, 0.15) is 55.4 Å². The fourth-order valence-electron chi connectivity index (χ4n) is 18.9. The summed E-state index contributed by atoms with van der Waals surface area (Å²) in [5, 5.41) is 0. The number of benzene rings is 3. The van der Waals surface area contributed by atoms with Crippen LogP contribution < -0.4 is 14.2 Å². The summed E-state index contributed by atoms with van der Waals surface area (Å²) in [4.78, 5) is 0.